The van der Waals surface area contributed by atoms with Crippen molar-refractivity contribution in [3.8, 4) is 0 Å². The minimum absolute atomic E-state index is 0.178. The number of aromatic nitrogens is 2. The summed E-state index contributed by atoms with van der Waals surface area (Å²) in [5, 5.41) is 0.495. The summed E-state index contributed by atoms with van der Waals surface area (Å²) >= 11 is 7.51. The molecule has 0 radical (unpaired) electrons. The third kappa shape index (κ3) is 3.76. The number of thioether (sulfide) groups is 1. The maximum absolute atomic E-state index is 12.6. The van der Waals surface area contributed by atoms with Gasteiger partial charge in [0.05, 0.1) is 22.0 Å². The van der Waals surface area contributed by atoms with Crippen LogP contribution in [0.3, 0.4) is 0 Å². The number of benzene rings is 2. The predicted octanol–water partition coefficient (Wildman–Crippen LogP) is 4.47. The van der Waals surface area contributed by atoms with Crippen LogP contribution in [0.5, 0.6) is 0 Å². The van der Waals surface area contributed by atoms with Gasteiger partial charge in [-0.15, -0.1) is 11.8 Å². The van der Waals surface area contributed by atoms with Crippen molar-refractivity contribution in [3.05, 3.63) is 53.3 Å². The van der Waals surface area contributed by atoms with Crippen LogP contribution in [0.1, 0.15) is 25.7 Å². The van der Waals surface area contributed by atoms with E-state index in [1.807, 2.05) is 29.9 Å². The molecule has 1 aromatic heterocycles. The maximum Gasteiger partial charge on any atom is 0.241 e. The van der Waals surface area contributed by atoms with E-state index in [9.17, 15) is 8.42 Å². The first-order chi connectivity index (χ1) is 12.4. The van der Waals surface area contributed by atoms with Gasteiger partial charge >= 0.3 is 0 Å². The molecule has 138 valence electrons. The first-order valence-electron chi connectivity index (χ1n) is 8.17. The Labute approximate surface area is 162 Å². The monoisotopic (exact) mass is 409 g/mol. The van der Waals surface area contributed by atoms with Crippen molar-refractivity contribution in [2.45, 2.75) is 36.2 Å². The van der Waals surface area contributed by atoms with Crippen molar-refractivity contribution in [1.29, 1.82) is 0 Å². The fourth-order valence-electron chi connectivity index (χ4n) is 2.88. The van der Waals surface area contributed by atoms with Crippen LogP contribution in [0.15, 0.2) is 52.3 Å². The van der Waals surface area contributed by atoms with Crippen LogP contribution in [0.2, 0.25) is 5.02 Å². The Balaban J connectivity index is 1.96. The second-order valence-corrected chi connectivity index (χ2v) is 8.90. The minimum atomic E-state index is -3.67. The molecule has 0 saturated heterocycles. The highest BCUT2D eigenvalue weighted by Gasteiger charge is 2.22. The lowest BCUT2D eigenvalue weighted by Gasteiger charge is -2.15. The molecule has 0 saturated carbocycles. The van der Waals surface area contributed by atoms with Crippen LogP contribution < -0.4 is 4.72 Å². The number of nitrogens with one attached hydrogen (secondary N) is 1. The highest BCUT2D eigenvalue weighted by molar-refractivity contribution is 7.98. The lowest BCUT2D eigenvalue weighted by Crippen LogP contribution is -2.28. The van der Waals surface area contributed by atoms with E-state index >= 15 is 0 Å². The third-order valence-electron chi connectivity index (χ3n) is 4.14. The first kappa shape index (κ1) is 19.2. The molecule has 5 nitrogen and oxygen atoms in total. The number of hydrogen-bond donors (Lipinski definition) is 1. The Morgan fingerprint density at radius 2 is 1.92 bits per heavy atom. The molecule has 26 heavy (non-hydrogen) atoms. The van der Waals surface area contributed by atoms with E-state index < -0.39 is 16.1 Å². The van der Waals surface area contributed by atoms with E-state index in [0.29, 0.717) is 17.4 Å². The summed E-state index contributed by atoms with van der Waals surface area (Å²) in [6.07, 6.45) is 2.03. The maximum atomic E-state index is 12.6. The number of sulfonamides is 1. The molecule has 0 spiro atoms. The number of hydrogen-bond acceptors (Lipinski definition) is 4. The molecule has 8 heteroatoms. The van der Waals surface area contributed by atoms with E-state index in [1.165, 1.54) is 12.1 Å². The average Bonchev–Trinajstić information content (AvgIpc) is 2.99. The normalized spacial score (nSPS) is 13.2. The lowest BCUT2D eigenvalue weighted by atomic mass is 10.3. The number of aryl methyl sites for hydroxylation is 1. The van der Waals surface area contributed by atoms with Gasteiger partial charge in [0.1, 0.15) is 5.82 Å². The van der Waals surface area contributed by atoms with Gasteiger partial charge in [0.15, 0.2) is 0 Å². The van der Waals surface area contributed by atoms with E-state index in [4.69, 9.17) is 11.6 Å². The van der Waals surface area contributed by atoms with E-state index in [1.54, 1.807) is 30.8 Å². The summed E-state index contributed by atoms with van der Waals surface area (Å²) in [5.41, 5.74) is 1.86. The van der Waals surface area contributed by atoms with Crippen LogP contribution in [0, 0.1) is 0 Å². The minimum Gasteiger partial charge on any atom is -0.327 e. The largest absolute Gasteiger partial charge is 0.327 e. The number of rotatable bonds is 6. The van der Waals surface area contributed by atoms with Crippen molar-refractivity contribution >= 4 is 44.4 Å². The molecule has 0 aliphatic heterocycles. The summed E-state index contributed by atoms with van der Waals surface area (Å²) in [4.78, 5) is 5.98. The number of halogens is 1. The molecule has 0 bridgehead atoms. The first-order valence-corrected chi connectivity index (χ1v) is 11.3. The summed E-state index contributed by atoms with van der Waals surface area (Å²) in [6.45, 7) is 4.53. The standard InChI is InChI=1S/C18H20ClN3O2S2/c1-4-22-17-11-14(25-3)7-10-16(17)20-18(22)12(2)21-26(23,24)15-8-5-13(19)6-9-15/h5-12,21H,4H2,1-3H3/t12-/m1/s1. The van der Waals surface area contributed by atoms with Gasteiger partial charge in [0.25, 0.3) is 0 Å². The van der Waals surface area contributed by atoms with Crippen LogP contribution in [-0.2, 0) is 16.6 Å². The van der Waals surface area contributed by atoms with Gasteiger partial charge < -0.3 is 4.57 Å². The van der Waals surface area contributed by atoms with Crippen molar-refractivity contribution in [2.75, 3.05) is 6.26 Å². The Morgan fingerprint density at radius 1 is 1.23 bits per heavy atom. The van der Waals surface area contributed by atoms with Gasteiger partial charge in [-0.05, 0) is 62.6 Å². The molecular weight excluding hydrogens is 390 g/mol. The van der Waals surface area contributed by atoms with Crippen LogP contribution in [-0.4, -0.2) is 24.2 Å². The zero-order valence-corrected chi connectivity index (χ0v) is 17.1. The zero-order valence-electron chi connectivity index (χ0n) is 14.7. The van der Waals surface area contributed by atoms with E-state index in [2.05, 4.69) is 15.8 Å². The third-order valence-corrected chi connectivity index (χ3v) is 6.68. The second kappa shape index (κ2) is 7.60. The molecule has 2 aromatic carbocycles. The molecule has 0 unspecified atom stereocenters. The molecule has 0 aliphatic rings. The Morgan fingerprint density at radius 3 is 2.54 bits per heavy atom. The van der Waals surface area contributed by atoms with Gasteiger partial charge in [-0.1, -0.05) is 11.6 Å². The Hall–Kier alpha value is -1.54. The van der Waals surface area contributed by atoms with E-state index in [0.717, 1.165) is 15.9 Å². The van der Waals surface area contributed by atoms with Crippen LogP contribution in [0.25, 0.3) is 11.0 Å². The van der Waals surface area contributed by atoms with Gasteiger partial charge in [-0.25, -0.2) is 18.1 Å². The quantitative estimate of drug-likeness (QED) is 0.610. The Bertz CT molecular complexity index is 1030. The molecule has 1 N–H and O–H groups in total. The molecule has 3 rings (SSSR count). The summed E-state index contributed by atoms with van der Waals surface area (Å²) < 4.78 is 30.1. The van der Waals surface area contributed by atoms with Gasteiger partial charge in [0.2, 0.25) is 10.0 Å². The van der Waals surface area contributed by atoms with Crippen LogP contribution in [0.4, 0.5) is 0 Å². The zero-order chi connectivity index (χ0) is 18.9. The van der Waals surface area contributed by atoms with Crippen molar-refractivity contribution in [1.82, 2.24) is 14.3 Å². The van der Waals surface area contributed by atoms with Crippen molar-refractivity contribution in [2.24, 2.45) is 0 Å². The number of nitrogens with zero attached hydrogens (tertiary/aromatic N) is 2. The van der Waals surface area contributed by atoms with Crippen LogP contribution >= 0.6 is 23.4 Å². The number of fused-ring (bicyclic) bond motifs is 1. The lowest BCUT2D eigenvalue weighted by molar-refractivity contribution is 0.549. The molecule has 0 fully saturated rings. The smallest absolute Gasteiger partial charge is 0.241 e. The summed E-state index contributed by atoms with van der Waals surface area (Å²) in [6, 6.07) is 11.7. The fourth-order valence-corrected chi connectivity index (χ4v) is 4.64. The SMILES string of the molecule is CCn1c([C@@H](C)NS(=O)(=O)c2ccc(Cl)cc2)nc2ccc(SC)cc21. The topological polar surface area (TPSA) is 64.0 Å². The molecule has 1 heterocycles. The highest BCUT2D eigenvalue weighted by Crippen LogP contribution is 2.26. The van der Waals surface area contributed by atoms with Gasteiger partial charge in [-0.3, -0.25) is 0 Å². The fraction of sp³-hybridized carbons (Fsp3) is 0.278. The predicted molar refractivity (Wildman–Crippen MR) is 107 cm³/mol. The Kier molecular flexibility index (Phi) is 5.62. The summed E-state index contributed by atoms with van der Waals surface area (Å²) in [7, 11) is -3.67. The molecule has 1 atom stereocenters. The molecule has 0 aliphatic carbocycles. The van der Waals surface area contributed by atoms with Crippen molar-refractivity contribution < 1.29 is 8.42 Å². The molecular formula is C18H20ClN3O2S2. The summed E-state index contributed by atoms with van der Waals surface area (Å²) in [5.74, 6) is 0.693. The average molecular weight is 410 g/mol. The second-order valence-electron chi connectivity index (χ2n) is 5.87. The highest BCUT2D eigenvalue weighted by atomic mass is 35.5. The molecule has 3 aromatic rings. The van der Waals surface area contributed by atoms with Crippen molar-refractivity contribution in [3.63, 3.8) is 0 Å². The van der Waals surface area contributed by atoms with Gasteiger partial charge in [-0.2, -0.15) is 0 Å². The number of imidazole rings is 1. The van der Waals surface area contributed by atoms with Gasteiger partial charge in [0, 0.05) is 16.5 Å². The molecule has 0 amide bonds. The van der Waals surface area contributed by atoms with E-state index in [-0.39, 0.29) is 4.90 Å².